The highest BCUT2D eigenvalue weighted by molar-refractivity contribution is 7.15. The van der Waals surface area contributed by atoms with E-state index in [2.05, 4.69) is 15.6 Å². The molecule has 1 amide bonds. The SMILES string of the molecule is CCNC(C)CC(=O)Nc1ncc(C)s1. The van der Waals surface area contributed by atoms with Crippen LogP contribution >= 0.6 is 11.3 Å². The summed E-state index contributed by atoms with van der Waals surface area (Å²) in [5.41, 5.74) is 0. The van der Waals surface area contributed by atoms with Crippen molar-refractivity contribution < 1.29 is 4.79 Å². The van der Waals surface area contributed by atoms with Crippen LogP contribution in [0.5, 0.6) is 0 Å². The van der Waals surface area contributed by atoms with E-state index in [1.165, 1.54) is 11.3 Å². The Labute approximate surface area is 94.1 Å². The number of aromatic nitrogens is 1. The van der Waals surface area contributed by atoms with Crippen LogP contribution in [0.15, 0.2) is 6.20 Å². The smallest absolute Gasteiger partial charge is 0.227 e. The number of thiazole rings is 1. The van der Waals surface area contributed by atoms with Gasteiger partial charge in [-0.1, -0.05) is 6.92 Å². The molecule has 0 fully saturated rings. The van der Waals surface area contributed by atoms with Crippen LogP contribution in [0.1, 0.15) is 25.1 Å². The van der Waals surface area contributed by atoms with Crippen LogP contribution in [0, 0.1) is 6.92 Å². The van der Waals surface area contributed by atoms with Gasteiger partial charge in [-0.2, -0.15) is 0 Å². The lowest BCUT2D eigenvalue weighted by Gasteiger charge is -2.10. The monoisotopic (exact) mass is 227 g/mol. The molecular formula is C10H17N3OS. The minimum atomic E-state index is 0.0119. The number of amides is 1. The quantitative estimate of drug-likeness (QED) is 0.806. The van der Waals surface area contributed by atoms with Crippen molar-refractivity contribution in [3.05, 3.63) is 11.1 Å². The molecular weight excluding hydrogens is 210 g/mol. The Morgan fingerprint density at radius 2 is 2.40 bits per heavy atom. The molecule has 84 valence electrons. The summed E-state index contributed by atoms with van der Waals surface area (Å²) in [4.78, 5) is 16.7. The zero-order valence-corrected chi connectivity index (χ0v) is 10.1. The van der Waals surface area contributed by atoms with Crippen LogP contribution in [0.3, 0.4) is 0 Å². The van der Waals surface area contributed by atoms with E-state index >= 15 is 0 Å². The fourth-order valence-corrected chi connectivity index (χ4v) is 1.96. The Kier molecular flexibility index (Phi) is 4.71. The van der Waals surface area contributed by atoms with E-state index in [-0.39, 0.29) is 11.9 Å². The second-order valence-electron chi connectivity index (χ2n) is 3.49. The third kappa shape index (κ3) is 4.40. The van der Waals surface area contributed by atoms with Gasteiger partial charge in [0, 0.05) is 23.5 Å². The summed E-state index contributed by atoms with van der Waals surface area (Å²) >= 11 is 1.49. The number of carbonyl (C=O) groups excluding carboxylic acids is 1. The summed E-state index contributed by atoms with van der Waals surface area (Å²) in [7, 11) is 0. The van der Waals surface area contributed by atoms with E-state index < -0.39 is 0 Å². The van der Waals surface area contributed by atoms with Crippen molar-refractivity contribution in [3.63, 3.8) is 0 Å². The summed E-state index contributed by atoms with van der Waals surface area (Å²) in [5.74, 6) is 0.0119. The average Bonchev–Trinajstić information content (AvgIpc) is 2.51. The van der Waals surface area contributed by atoms with Crippen molar-refractivity contribution in [2.45, 2.75) is 33.2 Å². The maximum absolute atomic E-state index is 11.5. The van der Waals surface area contributed by atoms with Crippen molar-refractivity contribution in [2.24, 2.45) is 0 Å². The number of carbonyl (C=O) groups is 1. The molecule has 4 nitrogen and oxygen atoms in total. The zero-order valence-electron chi connectivity index (χ0n) is 9.33. The number of nitrogens with zero attached hydrogens (tertiary/aromatic N) is 1. The van der Waals surface area contributed by atoms with Gasteiger partial charge in [0.2, 0.25) is 5.91 Å². The summed E-state index contributed by atoms with van der Waals surface area (Å²) in [6.45, 7) is 6.87. The van der Waals surface area contributed by atoms with Gasteiger partial charge in [-0.05, 0) is 20.4 Å². The average molecular weight is 227 g/mol. The Morgan fingerprint density at radius 3 is 2.93 bits per heavy atom. The molecule has 0 spiro atoms. The number of nitrogens with one attached hydrogen (secondary N) is 2. The van der Waals surface area contributed by atoms with E-state index in [0.717, 1.165) is 11.4 Å². The van der Waals surface area contributed by atoms with Gasteiger partial charge in [0.15, 0.2) is 5.13 Å². The highest BCUT2D eigenvalue weighted by atomic mass is 32.1. The summed E-state index contributed by atoms with van der Waals surface area (Å²) in [5, 5.41) is 6.65. The molecule has 0 aliphatic heterocycles. The van der Waals surface area contributed by atoms with E-state index in [1.54, 1.807) is 6.20 Å². The molecule has 1 atom stereocenters. The Hall–Kier alpha value is -0.940. The topological polar surface area (TPSA) is 54.0 Å². The Morgan fingerprint density at radius 1 is 1.67 bits per heavy atom. The van der Waals surface area contributed by atoms with Gasteiger partial charge in [0.1, 0.15) is 0 Å². The van der Waals surface area contributed by atoms with Gasteiger partial charge in [-0.15, -0.1) is 11.3 Å². The number of aryl methyl sites for hydroxylation is 1. The first-order chi connectivity index (χ1) is 7.11. The molecule has 0 bridgehead atoms. The van der Waals surface area contributed by atoms with E-state index in [4.69, 9.17) is 0 Å². The van der Waals surface area contributed by atoms with Crippen molar-refractivity contribution in [3.8, 4) is 0 Å². The third-order valence-electron chi connectivity index (χ3n) is 1.91. The molecule has 1 unspecified atom stereocenters. The zero-order chi connectivity index (χ0) is 11.3. The lowest BCUT2D eigenvalue weighted by atomic mass is 10.2. The Balaban J connectivity index is 2.36. The van der Waals surface area contributed by atoms with Gasteiger partial charge in [-0.25, -0.2) is 4.98 Å². The maximum atomic E-state index is 11.5. The number of hydrogen-bond acceptors (Lipinski definition) is 4. The Bertz CT molecular complexity index is 324. The van der Waals surface area contributed by atoms with Crippen LogP contribution < -0.4 is 10.6 Å². The van der Waals surface area contributed by atoms with Gasteiger partial charge in [-0.3, -0.25) is 4.79 Å². The van der Waals surface area contributed by atoms with Gasteiger partial charge >= 0.3 is 0 Å². The maximum Gasteiger partial charge on any atom is 0.227 e. The lowest BCUT2D eigenvalue weighted by molar-refractivity contribution is -0.116. The molecule has 2 N–H and O–H groups in total. The minimum Gasteiger partial charge on any atom is -0.314 e. The van der Waals surface area contributed by atoms with Gasteiger partial charge < -0.3 is 10.6 Å². The molecule has 1 rings (SSSR count). The highest BCUT2D eigenvalue weighted by Gasteiger charge is 2.09. The van der Waals surface area contributed by atoms with Gasteiger partial charge in [0.05, 0.1) is 0 Å². The normalized spacial score (nSPS) is 12.5. The standard InChI is InChI=1S/C10H17N3OS/c1-4-11-7(2)5-9(14)13-10-12-6-8(3)15-10/h6-7,11H,4-5H2,1-3H3,(H,12,13,14). The minimum absolute atomic E-state index is 0.0119. The molecule has 0 aliphatic rings. The molecule has 15 heavy (non-hydrogen) atoms. The molecule has 5 heteroatoms. The molecule has 0 radical (unpaired) electrons. The van der Waals surface area contributed by atoms with E-state index in [0.29, 0.717) is 11.6 Å². The molecule has 1 aromatic rings. The lowest BCUT2D eigenvalue weighted by Crippen LogP contribution is -2.30. The molecule has 1 aromatic heterocycles. The predicted octanol–water partition coefficient (Wildman–Crippen LogP) is 1.78. The predicted molar refractivity (Wildman–Crippen MR) is 63.2 cm³/mol. The molecule has 0 aromatic carbocycles. The molecule has 1 heterocycles. The largest absolute Gasteiger partial charge is 0.314 e. The molecule has 0 saturated heterocycles. The fraction of sp³-hybridized carbons (Fsp3) is 0.600. The van der Waals surface area contributed by atoms with Crippen LogP contribution in [-0.2, 0) is 4.79 Å². The first-order valence-corrected chi connectivity index (χ1v) is 5.89. The molecule has 0 aliphatic carbocycles. The first kappa shape index (κ1) is 12.1. The number of hydrogen-bond donors (Lipinski definition) is 2. The highest BCUT2D eigenvalue weighted by Crippen LogP contribution is 2.16. The number of anilines is 1. The van der Waals surface area contributed by atoms with Crippen LogP contribution in [0.4, 0.5) is 5.13 Å². The molecule has 0 saturated carbocycles. The fourth-order valence-electron chi connectivity index (χ4n) is 1.28. The second-order valence-corrected chi connectivity index (χ2v) is 4.72. The van der Waals surface area contributed by atoms with Gasteiger partial charge in [0.25, 0.3) is 0 Å². The van der Waals surface area contributed by atoms with E-state index in [9.17, 15) is 4.79 Å². The van der Waals surface area contributed by atoms with Crippen molar-refractivity contribution in [1.29, 1.82) is 0 Å². The van der Waals surface area contributed by atoms with Crippen molar-refractivity contribution in [2.75, 3.05) is 11.9 Å². The summed E-state index contributed by atoms with van der Waals surface area (Å²) in [6, 6.07) is 0.205. The summed E-state index contributed by atoms with van der Waals surface area (Å²) < 4.78 is 0. The second kappa shape index (κ2) is 5.82. The van der Waals surface area contributed by atoms with Crippen LogP contribution in [0.25, 0.3) is 0 Å². The number of rotatable bonds is 5. The van der Waals surface area contributed by atoms with Crippen molar-refractivity contribution >= 4 is 22.4 Å². The first-order valence-electron chi connectivity index (χ1n) is 5.07. The van der Waals surface area contributed by atoms with Crippen LogP contribution in [0.2, 0.25) is 0 Å². The van der Waals surface area contributed by atoms with E-state index in [1.807, 2.05) is 20.8 Å². The summed E-state index contributed by atoms with van der Waals surface area (Å²) in [6.07, 6.45) is 2.24. The van der Waals surface area contributed by atoms with Crippen LogP contribution in [-0.4, -0.2) is 23.5 Å². The third-order valence-corrected chi connectivity index (χ3v) is 2.74. The van der Waals surface area contributed by atoms with Crippen molar-refractivity contribution in [1.82, 2.24) is 10.3 Å².